The number of aryl methyl sites for hydroxylation is 1. The molecule has 2 atom stereocenters. The molecule has 0 spiro atoms. The van der Waals surface area contributed by atoms with E-state index in [9.17, 15) is 18.7 Å². The topological polar surface area (TPSA) is 61.4 Å². The van der Waals surface area contributed by atoms with Crippen LogP contribution in [0.25, 0.3) is 0 Å². The number of carbonyl (C=O) groups is 1. The fourth-order valence-electron chi connectivity index (χ4n) is 2.36. The van der Waals surface area contributed by atoms with E-state index in [0.29, 0.717) is 18.7 Å². The maximum absolute atomic E-state index is 12.2. The Kier molecular flexibility index (Phi) is 10.8. The summed E-state index contributed by atoms with van der Waals surface area (Å²) in [7, 11) is 0. The Morgan fingerprint density at radius 3 is 2.07 bits per heavy atom. The number of benzene rings is 2. The van der Waals surface area contributed by atoms with E-state index in [0.717, 1.165) is 20.6 Å². The van der Waals surface area contributed by atoms with E-state index < -0.39 is 17.7 Å². The van der Waals surface area contributed by atoms with E-state index in [1.54, 1.807) is 13.8 Å². The molecule has 0 bridgehead atoms. The number of rotatable bonds is 6. The minimum Gasteiger partial charge on any atom is -0.390 e. The third-order valence-corrected chi connectivity index (χ3v) is 4.54. The SMILES string of the molecule is CC(=O)N[C@@H](C)[C@H](O)CNCc1cc(Br)cc(Br)c1.Cc1cc(F)cc(F)c1. The maximum atomic E-state index is 12.2. The normalized spacial score (nSPS) is 12.6. The van der Waals surface area contributed by atoms with Crippen LogP contribution < -0.4 is 10.6 Å². The van der Waals surface area contributed by atoms with E-state index in [2.05, 4.69) is 42.5 Å². The molecule has 0 fully saturated rings. The van der Waals surface area contributed by atoms with Crippen molar-refractivity contribution in [2.75, 3.05) is 6.54 Å². The molecule has 0 heterocycles. The summed E-state index contributed by atoms with van der Waals surface area (Å²) in [6.07, 6.45) is -0.612. The van der Waals surface area contributed by atoms with Gasteiger partial charge in [0.25, 0.3) is 0 Å². The predicted octanol–water partition coefficient (Wildman–Crippen LogP) is 4.46. The number of hydrogen-bond donors (Lipinski definition) is 3. The maximum Gasteiger partial charge on any atom is 0.217 e. The van der Waals surface area contributed by atoms with Gasteiger partial charge in [-0.3, -0.25) is 4.79 Å². The molecule has 0 radical (unpaired) electrons. The molecule has 4 nitrogen and oxygen atoms in total. The largest absolute Gasteiger partial charge is 0.390 e. The third-order valence-electron chi connectivity index (χ3n) is 3.62. The van der Waals surface area contributed by atoms with Gasteiger partial charge in [-0.05, 0) is 55.3 Å². The Morgan fingerprint density at radius 1 is 1.07 bits per heavy atom. The van der Waals surface area contributed by atoms with Crippen LogP contribution in [-0.4, -0.2) is 29.7 Å². The summed E-state index contributed by atoms with van der Waals surface area (Å²) in [6, 6.07) is 9.15. The van der Waals surface area contributed by atoms with E-state index >= 15 is 0 Å². The molecule has 0 aromatic heterocycles. The number of halogens is 4. The molecule has 0 saturated carbocycles. The van der Waals surface area contributed by atoms with Gasteiger partial charge in [-0.1, -0.05) is 31.9 Å². The Balaban J connectivity index is 0.000000362. The van der Waals surface area contributed by atoms with Crippen LogP contribution in [0.3, 0.4) is 0 Å². The third kappa shape index (κ3) is 10.3. The molecule has 0 saturated heterocycles. The van der Waals surface area contributed by atoms with E-state index in [4.69, 9.17) is 0 Å². The lowest BCUT2D eigenvalue weighted by atomic mass is 10.1. The predicted molar refractivity (Wildman–Crippen MR) is 114 cm³/mol. The van der Waals surface area contributed by atoms with Gasteiger partial charge >= 0.3 is 0 Å². The summed E-state index contributed by atoms with van der Waals surface area (Å²) in [4.78, 5) is 10.9. The van der Waals surface area contributed by atoms with Crippen molar-refractivity contribution in [3.05, 3.63) is 68.1 Å². The molecule has 28 heavy (non-hydrogen) atoms. The average molecular weight is 522 g/mol. The van der Waals surface area contributed by atoms with Crippen LogP contribution in [0.15, 0.2) is 45.3 Å². The van der Waals surface area contributed by atoms with Crippen molar-refractivity contribution in [1.82, 2.24) is 10.6 Å². The zero-order valence-electron chi connectivity index (χ0n) is 15.9. The summed E-state index contributed by atoms with van der Waals surface area (Å²) in [5, 5.41) is 15.7. The number of hydrogen-bond acceptors (Lipinski definition) is 3. The van der Waals surface area contributed by atoms with Crippen molar-refractivity contribution in [2.45, 2.75) is 39.5 Å². The lowest BCUT2D eigenvalue weighted by molar-refractivity contribution is -0.120. The van der Waals surface area contributed by atoms with Crippen LogP contribution >= 0.6 is 31.9 Å². The van der Waals surface area contributed by atoms with Gasteiger partial charge in [0.15, 0.2) is 0 Å². The standard InChI is InChI=1S/C13H18Br2N2O2.C7H6F2/c1-8(17-9(2)18)13(19)7-16-6-10-3-11(14)5-12(15)4-10;1-5-2-6(8)4-7(9)3-5/h3-5,8,13,16,19H,6-7H2,1-2H3,(H,17,18);2-4H,1H3/t8-,13+;/m0./s1. The van der Waals surface area contributed by atoms with Gasteiger partial charge in [0.2, 0.25) is 5.91 Å². The Hall–Kier alpha value is -1.35. The Bertz CT molecular complexity index is 720. The van der Waals surface area contributed by atoms with E-state index in [1.807, 2.05) is 18.2 Å². The Morgan fingerprint density at radius 2 is 1.61 bits per heavy atom. The van der Waals surface area contributed by atoms with Gasteiger partial charge in [-0.15, -0.1) is 0 Å². The molecule has 1 amide bonds. The minimum absolute atomic E-state index is 0.137. The van der Waals surface area contributed by atoms with Crippen LogP contribution in [-0.2, 0) is 11.3 Å². The first-order valence-electron chi connectivity index (χ1n) is 8.60. The molecule has 0 aliphatic heterocycles. The lowest BCUT2D eigenvalue weighted by Crippen LogP contribution is -2.44. The molecule has 0 aliphatic carbocycles. The molecule has 8 heteroatoms. The highest BCUT2D eigenvalue weighted by Gasteiger charge is 2.14. The summed E-state index contributed by atoms with van der Waals surface area (Å²) < 4.78 is 26.4. The molecule has 0 unspecified atom stereocenters. The van der Waals surface area contributed by atoms with Gasteiger partial charge in [0, 0.05) is 35.0 Å². The summed E-state index contributed by atoms with van der Waals surface area (Å²) in [6.45, 7) is 5.94. The number of amides is 1. The average Bonchev–Trinajstić information content (AvgIpc) is 2.52. The molecule has 3 N–H and O–H groups in total. The van der Waals surface area contributed by atoms with Gasteiger partial charge in [0.1, 0.15) is 11.6 Å². The summed E-state index contributed by atoms with van der Waals surface area (Å²) in [5.74, 6) is -1.18. The quantitative estimate of drug-likeness (QED) is 0.526. The van der Waals surface area contributed by atoms with Crippen molar-refractivity contribution in [2.24, 2.45) is 0 Å². The second-order valence-corrected chi connectivity index (χ2v) is 8.24. The van der Waals surface area contributed by atoms with Crippen LogP contribution in [0.1, 0.15) is 25.0 Å². The van der Waals surface area contributed by atoms with E-state index in [1.165, 1.54) is 19.1 Å². The van der Waals surface area contributed by atoms with Crippen molar-refractivity contribution in [3.8, 4) is 0 Å². The first kappa shape index (κ1) is 24.7. The van der Waals surface area contributed by atoms with Crippen molar-refractivity contribution >= 4 is 37.8 Å². The smallest absolute Gasteiger partial charge is 0.217 e. The summed E-state index contributed by atoms with van der Waals surface area (Å²) >= 11 is 6.86. The molecule has 2 aromatic carbocycles. The fraction of sp³-hybridized carbons (Fsp3) is 0.350. The molecular formula is C20H24Br2F2N2O2. The van der Waals surface area contributed by atoms with Gasteiger partial charge in [0.05, 0.1) is 12.1 Å². The zero-order valence-corrected chi connectivity index (χ0v) is 19.1. The zero-order chi connectivity index (χ0) is 21.3. The monoisotopic (exact) mass is 520 g/mol. The van der Waals surface area contributed by atoms with E-state index in [-0.39, 0.29) is 11.9 Å². The summed E-state index contributed by atoms with van der Waals surface area (Å²) in [5.41, 5.74) is 1.72. The fourth-order valence-corrected chi connectivity index (χ4v) is 3.75. The van der Waals surface area contributed by atoms with Crippen LogP contribution in [0.5, 0.6) is 0 Å². The number of aliphatic hydroxyl groups excluding tert-OH is 1. The first-order chi connectivity index (χ1) is 13.1. The van der Waals surface area contributed by atoms with Gasteiger partial charge in [-0.2, -0.15) is 0 Å². The second kappa shape index (κ2) is 12.3. The van der Waals surface area contributed by atoms with Crippen LogP contribution in [0, 0.1) is 18.6 Å². The number of carbonyl (C=O) groups excluding carboxylic acids is 1. The lowest BCUT2D eigenvalue weighted by Gasteiger charge is -2.20. The minimum atomic E-state index is -0.612. The highest BCUT2D eigenvalue weighted by molar-refractivity contribution is 9.11. The van der Waals surface area contributed by atoms with Gasteiger partial charge in [-0.25, -0.2) is 8.78 Å². The molecule has 154 valence electrons. The first-order valence-corrected chi connectivity index (χ1v) is 10.2. The number of aliphatic hydroxyl groups is 1. The van der Waals surface area contributed by atoms with Gasteiger partial charge < -0.3 is 15.7 Å². The molecular weight excluding hydrogens is 498 g/mol. The van der Waals surface area contributed by atoms with Crippen molar-refractivity contribution in [1.29, 1.82) is 0 Å². The molecule has 2 rings (SSSR count). The van der Waals surface area contributed by atoms with Crippen molar-refractivity contribution < 1.29 is 18.7 Å². The highest BCUT2D eigenvalue weighted by atomic mass is 79.9. The highest BCUT2D eigenvalue weighted by Crippen LogP contribution is 2.19. The molecule has 0 aliphatic rings. The second-order valence-electron chi connectivity index (χ2n) is 6.41. The molecule has 2 aromatic rings. The Labute approximate surface area is 181 Å². The van der Waals surface area contributed by atoms with Crippen LogP contribution in [0.4, 0.5) is 8.78 Å². The van der Waals surface area contributed by atoms with Crippen molar-refractivity contribution in [3.63, 3.8) is 0 Å². The number of nitrogens with one attached hydrogen (secondary N) is 2. The van der Waals surface area contributed by atoms with Crippen LogP contribution in [0.2, 0.25) is 0 Å².